The first-order valence-electron chi connectivity index (χ1n) is 3.23. The molecule has 1 nitrogen and oxygen atoms in total. The summed E-state index contributed by atoms with van der Waals surface area (Å²) in [5, 5.41) is 5.17. The van der Waals surface area contributed by atoms with Crippen LogP contribution >= 0.6 is 11.6 Å². The van der Waals surface area contributed by atoms with Crippen molar-refractivity contribution in [1.29, 1.82) is 0 Å². The first-order chi connectivity index (χ1) is 4.48. The molecule has 62 valence electrons. The normalized spacial score (nSPS) is 15.3. The van der Waals surface area contributed by atoms with E-state index in [1.165, 1.54) is 0 Å². The van der Waals surface area contributed by atoms with Crippen molar-refractivity contribution in [3.8, 4) is 0 Å². The lowest BCUT2D eigenvalue weighted by atomic mass is 10.2. The molecule has 4 heteroatoms. The molecule has 0 rings (SSSR count). The molecule has 0 aliphatic rings. The van der Waals surface area contributed by atoms with Gasteiger partial charge in [0, 0.05) is 0 Å². The molecule has 0 aromatic rings. The minimum absolute atomic E-state index is 0.0625. The second kappa shape index (κ2) is 4.09. The molecule has 10 heavy (non-hydrogen) atoms. The van der Waals surface area contributed by atoms with E-state index in [-0.39, 0.29) is 6.42 Å². The van der Waals surface area contributed by atoms with Crippen LogP contribution in [0, 0.1) is 0 Å². The molecule has 0 bridgehead atoms. The average molecular weight is 173 g/mol. The third-order valence-electron chi connectivity index (χ3n) is 1.21. The maximum absolute atomic E-state index is 12.0. The molecule has 1 atom stereocenters. The maximum Gasteiger partial charge on any atom is 0.347 e. The monoisotopic (exact) mass is 172 g/mol. The fourth-order valence-electron chi connectivity index (χ4n) is 0.561. The summed E-state index contributed by atoms with van der Waals surface area (Å²) in [5.74, 6) is 0. The van der Waals surface area contributed by atoms with E-state index in [0.29, 0.717) is 6.42 Å². The van der Waals surface area contributed by atoms with Gasteiger partial charge in [0.15, 0.2) is 0 Å². The Morgan fingerprint density at radius 2 is 2.10 bits per heavy atom. The minimum atomic E-state index is -3.46. The van der Waals surface area contributed by atoms with Crippen LogP contribution in [0.2, 0.25) is 0 Å². The van der Waals surface area contributed by atoms with Crippen molar-refractivity contribution in [1.82, 2.24) is 0 Å². The lowest BCUT2D eigenvalue weighted by molar-refractivity contribution is -0.0451. The number of aliphatic hydroxyl groups excluding tert-OH is 1. The maximum atomic E-state index is 12.0. The van der Waals surface area contributed by atoms with Crippen LogP contribution in [-0.4, -0.2) is 16.6 Å². The predicted octanol–water partition coefficient (Wildman–Crippen LogP) is 2.37. The van der Waals surface area contributed by atoms with Crippen LogP contribution < -0.4 is 0 Å². The fourth-order valence-corrected chi connectivity index (χ4v) is 0.670. The van der Waals surface area contributed by atoms with Crippen LogP contribution in [-0.2, 0) is 0 Å². The fraction of sp³-hybridized carbons (Fsp3) is 1.00. The van der Waals surface area contributed by atoms with Gasteiger partial charge in [0.2, 0.25) is 0 Å². The molecule has 0 aromatic heterocycles. The van der Waals surface area contributed by atoms with Gasteiger partial charge in [-0.15, -0.1) is 0 Å². The Labute approximate surface area is 64.0 Å². The third-order valence-corrected chi connectivity index (χ3v) is 1.46. The molecule has 0 fully saturated rings. The number of halogens is 3. The number of alkyl halides is 3. The van der Waals surface area contributed by atoms with Gasteiger partial charge in [0.25, 0.3) is 0 Å². The Bertz CT molecular complexity index is 92.2. The topological polar surface area (TPSA) is 20.2 Å². The molecule has 0 unspecified atom stereocenters. The zero-order valence-electron chi connectivity index (χ0n) is 5.78. The molecule has 0 saturated carbocycles. The average Bonchev–Trinajstić information content (AvgIpc) is 1.80. The second-order valence-electron chi connectivity index (χ2n) is 2.20. The van der Waals surface area contributed by atoms with Crippen molar-refractivity contribution in [2.24, 2.45) is 0 Å². The molecular formula is C6H11ClF2O. The van der Waals surface area contributed by atoms with Crippen LogP contribution in [0.1, 0.15) is 26.2 Å². The summed E-state index contributed by atoms with van der Waals surface area (Å²) in [6, 6.07) is 0. The van der Waals surface area contributed by atoms with Crippen LogP contribution in [0.5, 0.6) is 0 Å². The first kappa shape index (κ1) is 10.1. The van der Waals surface area contributed by atoms with Gasteiger partial charge in [-0.3, -0.25) is 0 Å². The Balaban J connectivity index is 3.52. The highest BCUT2D eigenvalue weighted by Gasteiger charge is 2.34. The van der Waals surface area contributed by atoms with E-state index in [0.717, 1.165) is 6.42 Å². The second-order valence-corrected chi connectivity index (χ2v) is 2.70. The zero-order chi connectivity index (χ0) is 8.20. The summed E-state index contributed by atoms with van der Waals surface area (Å²) in [6.07, 6.45) is -0.283. The number of unbranched alkanes of at least 4 members (excludes halogenated alkanes) is 1. The van der Waals surface area contributed by atoms with Gasteiger partial charge in [-0.2, -0.15) is 8.78 Å². The minimum Gasteiger partial charge on any atom is -0.385 e. The van der Waals surface area contributed by atoms with Crippen molar-refractivity contribution in [3.63, 3.8) is 0 Å². The molecule has 0 spiro atoms. The number of rotatable bonds is 4. The van der Waals surface area contributed by atoms with Gasteiger partial charge in [-0.25, -0.2) is 0 Å². The van der Waals surface area contributed by atoms with Crippen molar-refractivity contribution < 1.29 is 13.9 Å². The largest absolute Gasteiger partial charge is 0.385 e. The van der Waals surface area contributed by atoms with E-state index < -0.39 is 11.5 Å². The van der Waals surface area contributed by atoms with Crippen molar-refractivity contribution in [2.75, 3.05) is 0 Å². The quantitative estimate of drug-likeness (QED) is 0.646. The van der Waals surface area contributed by atoms with Crippen LogP contribution in [0.4, 0.5) is 8.78 Å². The van der Waals surface area contributed by atoms with Crippen molar-refractivity contribution >= 4 is 11.6 Å². The van der Waals surface area contributed by atoms with Gasteiger partial charge in [0.05, 0.1) is 0 Å². The summed E-state index contributed by atoms with van der Waals surface area (Å²) in [5.41, 5.74) is 0. The lowest BCUT2D eigenvalue weighted by Crippen LogP contribution is -2.26. The SMILES string of the molecule is CCCC[C@@H](O)C(F)(F)Cl. The molecule has 0 heterocycles. The number of hydrogen-bond acceptors (Lipinski definition) is 1. The predicted molar refractivity (Wildman–Crippen MR) is 36.3 cm³/mol. The summed E-state index contributed by atoms with van der Waals surface area (Å²) >= 11 is 4.54. The molecule has 1 N–H and O–H groups in total. The number of hydrogen-bond donors (Lipinski definition) is 1. The molecule has 0 amide bonds. The molecule has 0 aliphatic heterocycles. The Morgan fingerprint density at radius 1 is 1.60 bits per heavy atom. The van der Waals surface area contributed by atoms with Gasteiger partial charge < -0.3 is 5.11 Å². The highest BCUT2D eigenvalue weighted by atomic mass is 35.5. The van der Waals surface area contributed by atoms with Gasteiger partial charge >= 0.3 is 5.38 Å². The van der Waals surface area contributed by atoms with Crippen LogP contribution in [0.25, 0.3) is 0 Å². The van der Waals surface area contributed by atoms with E-state index >= 15 is 0 Å². The van der Waals surface area contributed by atoms with E-state index in [9.17, 15) is 8.78 Å². The standard InChI is InChI=1S/C6H11ClF2O/c1-2-3-4-5(10)6(7,8)9/h5,10H,2-4H2,1H3/t5-/m1/s1. The van der Waals surface area contributed by atoms with Crippen molar-refractivity contribution in [2.45, 2.75) is 37.7 Å². The van der Waals surface area contributed by atoms with Crippen molar-refractivity contribution in [3.05, 3.63) is 0 Å². The summed E-state index contributed by atoms with van der Waals surface area (Å²) in [7, 11) is 0. The highest BCUT2D eigenvalue weighted by Crippen LogP contribution is 2.26. The van der Waals surface area contributed by atoms with Gasteiger partial charge in [0.1, 0.15) is 6.10 Å². The summed E-state index contributed by atoms with van der Waals surface area (Å²) < 4.78 is 23.9. The van der Waals surface area contributed by atoms with E-state index in [2.05, 4.69) is 11.6 Å². The number of aliphatic hydroxyl groups is 1. The molecule has 0 radical (unpaired) electrons. The van der Waals surface area contributed by atoms with E-state index in [4.69, 9.17) is 5.11 Å². The molecular weight excluding hydrogens is 162 g/mol. The Kier molecular flexibility index (Phi) is 4.13. The lowest BCUT2D eigenvalue weighted by Gasteiger charge is -2.14. The van der Waals surface area contributed by atoms with E-state index in [1.54, 1.807) is 0 Å². The van der Waals surface area contributed by atoms with Gasteiger partial charge in [-0.05, 0) is 18.0 Å². The Morgan fingerprint density at radius 3 is 2.40 bits per heavy atom. The third kappa shape index (κ3) is 4.01. The Hall–Kier alpha value is 0.110. The first-order valence-corrected chi connectivity index (χ1v) is 3.61. The van der Waals surface area contributed by atoms with E-state index in [1.807, 2.05) is 6.92 Å². The molecule has 0 saturated heterocycles. The van der Waals surface area contributed by atoms with Gasteiger partial charge in [-0.1, -0.05) is 19.8 Å². The molecule has 0 aromatic carbocycles. The highest BCUT2D eigenvalue weighted by molar-refractivity contribution is 6.22. The summed E-state index contributed by atoms with van der Waals surface area (Å²) in [4.78, 5) is 0. The van der Waals surface area contributed by atoms with Crippen LogP contribution in [0.15, 0.2) is 0 Å². The molecule has 0 aliphatic carbocycles. The van der Waals surface area contributed by atoms with Crippen LogP contribution in [0.3, 0.4) is 0 Å². The smallest absolute Gasteiger partial charge is 0.347 e. The summed E-state index contributed by atoms with van der Waals surface area (Å²) in [6.45, 7) is 1.86. The zero-order valence-corrected chi connectivity index (χ0v) is 6.54.